The first kappa shape index (κ1) is 20.6. The number of thioether (sulfide) groups is 1. The number of aliphatic hydroxyl groups is 1. The molecule has 0 unspecified atom stereocenters. The molecule has 1 amide bonds. The Kier molecular flexibility index (Phi) is 6.47. The summed E-state index contributed by atoms with van der Waals surface area (Å²) in [4.78, 5) is 16.7. The van der Waals surface area contributed by atoms with Crippen LogP contribution in [0.15, 0.2) is 53.8 Å². The maximum absolute atomic E-state index is 12.3. The SMILES string of the molecule is O=C(CSc1ncc(CO)n1Cc1ccc(Cl)cc1)NCc1ccc2c(c1)OCO2. The van der Waals surface area contributed by atoms with Crippen LogP contribution in [0.4, 0.5) is 0 Å². The number of imidazole rings is 1. The van der Waals surface area contributed by atoms with Gasteiger partial charge in [-0.2, -0.15) is 0 Å². The molecule has 0 bridgehead atoms. The van der Waals surface area contributed by atoms with E-state index in [1.165, 1.54) is 11.8 Å². The normalized spacial score (nSPS) is 12.2. The number of ether oxygens (including phenoxy) is 2. The summed E-state index contributed by atoms with van der Waals surface area (Å²) in [5.74, 6) is 1.52. The van der Waals surface area contributed by atoms with Crippen molar-refractivity contribution in [3.63, 3.8) is 0 Å². The highest BCUT2D eigenvalue weighted by atomic mass is 35.5. The highest BCUT2D eigenvalue weighted by molar-refractivity contribution is 7.99. The Morgan fingerprint density at radius 2 is 1.93 bits per heavy atom. The number of fused-ring (bicyclic) bond motifs is 1. The van der Waals surface area contributed by atoms with E-state index in [0.717, 1.165) is 11.1 Å². The van der Waals surface area contributed by atoms with Crippen molar-refractivity contribution in [1.82, 2.24) is 14.9 Å². The molecule has 1 aliphatic rings. The third-order valence-electron chi connectivity index (χ3n) is 4.58. The molecule has 3 aromatic rings. The van der Waals surface area contributed by atoms with E-state index in [0.29, 0.717) is 40.5 Å². The number of benzene rings is 2. The summed E-state index contributed by atoms with van der Waals surface area (Å²) in [6, 6.07) is 13.1. The lowest BCUT2D eigenvalue weighted by atomic mass is 10.2. The number of carbonyl (C=O) groups excluding carboxylic acids is 1. The third kappa shape index (κ3) is 4.89. The van der Waals surface area contributed by atoms with Crippen LogP contribution in [0.5, 0.6) is 11.5 Å². The monoisotopic (exact) mass is 445 g/mol. The van der Waals surface area contributed by atoms with Crippen LogP contribution in [0.1, 0.15) is 16.8 Å². The molecular formula is C21H20ClN3O4S. The number of hydrogen-bond acceptors (Lipinski definition) is 6. The highest BCUT2D eigenvalue weighted by Gasteiger charge is 2.15. The van der Waals surface area contributed by atoms with E-state index >= 15 is 0 Å². The zero-order valence-electron chi connectivity index (χ0n) is 16.0. The fourth-order valence-electron chi connectivity index (χ4n) is 3.01. The summed E-state index contributed by atoms with van der Waals surface area (Å²) in [5, 5.41) is 13.9. The second-order valence-corrected chi connectivity index (χ2v) is 8.03. The standard InChI is InChI=1S/C21H20ClN3O4S/c22-16-4-1-14(2-5-16)10-25-17(11-26)9-24-21(25)30-12-20(27)23-8-15-3-6-18-19(7-15)29-13-28-18/h1-7,9,26H,8,10-13H2,(H,23,27). The van der Waals surface area contributed by atoms with Gasteiger partial charge < -0.3 is 24.5 Å². The van der Waals surface area contributed by atoms with Gasteiger partial charge in [0, 0.05) is 18.1 Å². The van der Waals surface area contributed by atoms with Gasteiger partial charge in [-0.1, -0.05) is 41.6 Å². The predicted molar refractivity (Wildman–Crippen MR) is 114 cm³/mol. The van der Waals surface area contributed by atoms with Crippen LogP contribution >= 0.6 is 23.4 Å². The van der Waals surface area contributed by atoms with E-state index in [1.54, 1.807) is 6.20 Å². The smallest absolute Gasteiger partial charge is 0.231 e. The van der Waals surface area contributed by atoms with Gasteiger partial charge in [-0.25, -0.2) is 4.98 Å². The molecule has 7 nitrogen and oxygen atoms in total. The molecule has 1 aliphatic heterocycles. The lowest BCUT2D eigenvalue weighted by Crippen LogP contribution is -2.24. The van der Waals surface area contributed by atoms with E-state index in [-0.39, 0.29) is 25.1 Å². The van der Waals surface area contributed by atoms with Gasteiger partial charge in [0.05, 0.1) is 24.3 Å². The van der Waals surface area contributed by atoms with Crippen LogP contribution in [0.2, 0.25) is 5.02 Å². The van der Waals surface area contributed by atoms with Crippen molar-refractivity contribution in [2.45, 2.75) is 24.9 Å². The van der Waals surface area contributed by atoms with Crippen LogP contribution in [-0.4, -0.2) is 33.1 Å². The average molecular weight is 446 g/mol. The number of aromatic nitrogens is 2. The molecular weight excluding hydrogens is 426 g/mol. The Balaban J connectivity index is 1.34. The number of carbonyl (C=O) groups is 1. The molecule has 0 saturated carbocycles. The van der Waals surface area contributed by atoms with Gasteiger partial charge in [-0.3, -0.25) is 4.79 Å². The second-order valence-electron chi connectivity index (χ2n) is 6.66. The van der Waals surface area contributed by atoms with E-state index in [9.17, 15) is 9.90 Å². The summed E-state index contributed by atoms with van der Waals surface area (Å²) < 4.78 is 12.5. The summed E-state index contributed by atoms with van der Waals surface area (Å²) in [6.45, 7) is 1.03. The summed E-state index contributed by atoms with van der Waals surface area (Å²) >= 11 is 7.28. The second kappa shape index (κ2) is 9.42. The molecule has 30 heavy (non-hydrogen) atoms. The number of nitrogens with zero attached hydrogens (tertiary/aromatic N) is 2. The number of nitrogens with one attached hydrogen (secondary N) is 1. The zero-order chi connectivity index (χ0) is 20.9. The molecule has 2 heterocycles. The van der Waals surface area contributed by atoms with Crippen molar-refractivity contribution in [3.05, 3.63) is 70.5 Å². The maximum atomic E-state index is 12.3. The molecule has 0 radical (unpaired) electrons. The molecule has 0 aliphatic carbocycles. The summed E-state index contributed by atoms with van der Waals surface area (Å²) in [5.41, 5.74) is 2.65. The molecule has 4 rings (SSSR count). The minimum absolute atomic E-state index is 0.107. The number of hydrogen-bond donors (Lipinski definition) is 2. The van der Waals surface area contributed by atoms with E-state index in [1.807, 2.05) is 47.0 Å². The van der Waals surface area contributed by atoms with Crippen LogP contribution in [0.25, 0.3) is 0 Å². The number of halogens is 1. The Bertz CT molecular complexity index is 1040. The van der Waals surface area contributed by atoms with Crippen molar-refractivity contribution in [3.8, 4) is 11.5 Å². The van der Waals surface area contributed by atoms with E-state index in [4.69, 9.17) is 21.1 Å². The van der Waals surface area contributed by atoms with Gasteiger partial charge in [0.2, 0.25) is 12.7 Å². The average Bonchev–Trinajstić information content (AvgIpc) is 3.38. The van der Waals surface area contributed by atoms with Gasteiger partial charge >= 0.3 is 0 Å². The summed E-state index contributed by atoms with van der Waals surface area (Å²) in [6.07, 6.45) is 1.63. The van der Waals surface area contributed by atoms with Gasteiger partial charge in [0.15, 0.2) is 16.7 Å². The van der Waals surface area contributed by atoms with Crippen LogP contribution in [0.3, 0.4) is 0 Å². The Morgan fingerprint density at radius 1 is 1.17 bits per heavy atom. The van der Waals surface area contributed by atoms with Gasteiger partial charge in [0.25, 0.3) is 0 Å². The van der Waals surface area contributed by atoms with Crippen molar-refractivity contribution in [1.29, 1.82) is 0 Å². The third-order valence-corrected chi connectivity index (χ3v) is 5.82. The number of amides is 1. The lowest BCUT2D eigenvalue weighted by Gasteiger charge is -2.11. The molecule has 2 N–H and O–H groups in total. The summed E-state index contributed by atoms with van der Waals surface area (Å²) in [7, 11) is 0. The molecule has 9 heteroatoms. The van der Waals surface area contributed by atoms with Crippen molar-refractivity contribution in [2.24, 2.45) is 0 Å². The molecule has 1 aromatic heterocycles. The first-order chi connectivity index (χ1) is 14.6. The van der Waals surface area contributed by atoms with Crippen molar-refractivity contribution < 1.29 is 19.4 Å². The first-order valence-electron chi connectivity index (χ1n) is 9.30. The van der Waals surface area contributed by atoms with E-state index < -0.39 is 0 Å². The van der Waals surface area contributed by atoms with Gasteiger partial charge in [-0.15, -0.1) is 0 Å². The van der Waals surface area contributed by atoms with Crippen LogP contribution in [-0.2, 0) is 24.5 Å². The van der Waals surface area contributed by atoms with Gasteiger partial charge in [0.1, 0.15) is 0 Å². The maximum Gasteiger partial charge on any atom is 0.231 e. The lowest BCUT2D eigenvalue weighted by molar-refractivity contribution is -0.118. The molecule has 0 saturated heterocycles. The fraction of sp³-hybridized carbons (Fsp3) is 0.238. The number of rotatable bonds is 8. The molecule has 156 valence electrons. The fourth-order valence-corrected chi connectivity index (χ4v) is 3.96. The zero-order valence-corrected chi connectivity index (χ0v) is 17.6. The Hall–Kier alpha value is -2.68. The highest BCUT2D eigenvalue weighted by Crippen LogP contribution is 2.32. The molecule has 0 spiro atoms. The first-order valence-corrected chi connectivity index (χ1v) is 10.7. The number of aliphatic hydroxyl groups excluding tert-OH is 1. The van der Waals surface area contributed by atoms with Crippen LogP contribution < -0.4 is 14.8 Å². The largest absolute Gasteiger partial charge is 0.454 e. The quantitative estimate of drug-likeness (QED) is 0.518. The van der Waals surface area contributed by atoms with Gasteiger partial charge in [-0.05, 0) is 35.4 Å². The van der Waals surface area contributed by atoms with E-state index in [2.05, 4.69) is 10.3 Å². The predicted octanol–water partition coefficient (Wildman–Crippen LogP) is 3.21. The van der Waals surface area contributed by atoms with Crippen LogP contribution in [0, 0.1) is 0 Å². The molecule has 0 atom stereocenters. The van der Waals surface area contributed by atoms with Crippen molar-refractivity contribution in [2.75, 3.05) is 12.5 Å². The minimum Gasteiger partial charge on any atom is -0.454 e. The Labute approximate surface area is 183 Å². The molecule has 0 fully saturated rings. The topological polar surface area (TPSA) is 85.6 Å². The Morgan fingerprint density at radius 3 is 2.73 bits per heavy atom. The van der Waals surface area contributed by atoms with Crippen molar-refractivity contribution >= 4 is 29.3 Å². The minimum atomic E-state index is -0.128. The molecule has 2 aromatic carbocycles.